The van der Waals surface area contributed by atoms with Crippen molar-refractivity contribution in [3.63, 3.8) is 0 Å². The number of halogens is 2. The zero-order chi connectivity index (χ0) is 13.4. The lowest BCUT2D eigenvalue weighted by Crippen LogP contribution is -2.41. The molecule has 0 aliphatic carbocycles. The lowest BCUT2D eigenvalue weighted by Gasteiger charge is -2.34. The van der Waals surface area contributed by atoms with Crippen LogP contribution >= 0.6 is 0 Å². The third-order valence-corrected chi connectivity index (χ3v) is 2.98. The topological polar surface area (TPSA) is 68.4 Å². The van der Waals surface area contributed by atoms with Gasteiger partial charge in [0.2, 0.25) is 11.7 Å². The Morgan fingerprint density at radius 3 is 2.83 bits per heavy atom. The molecule has 0 unspecified atom stereocenters. The quantitative estimate of drug-likeness (QED) is 0.897. The molecule has 5 nitrogen and oxygen atoms in total. The van der Waals surface area contributed by atoms with Gasteiger partial charge in [-0.05, 0) is 6.92 Å². The van der Waals surface area contributed by atoms with E-state index in [1.165, 1.54) is 0 Å². The van der Waals surface area contributed by atoms with Crippen molar-refractivity contribution in [2.45, 2.75) is 50.7 Å². The van der Waals surface area contributed by atoms with Crippen molar-refractivity contribution >= 4 is 0 Å². The van der Waals surface area contributed by atoms with Gasteiger partial charge in [0.05, 0.1) is 18.1 Å². The molecular formula is C11H16F2N2O3. The maximum Gasteiger partial charge on any atom is 0.307 e. The Balaban J connectivity index is 2.07. The van der Waals surface area contributed by atoms with Gasteiger partial charge in [-0.2, -0.15) is 13.8 Å². The number of aliphatic hydroxyl groups is 1. The molecule has 7 heteroatoms. The van der Waals surface area contributed by atoms with E-state index in [9.17, 15) is 13.9 Å². The third-order valence-electron chi connectivity index (χ3n) is 2.98. The van der Waals surface area contributed by atoms with Gasteiger partial charge in [0.15, 0.2) is 0 Å². The third kappa shape index (κ3) is 3.02. The van der Waals surface area contributed by atoms with Gasteiger partial charge in [0.25, 0.3) is 0 Å². The minimum Gasteiger partial charge on any atom is -0.389 e. The van der Waals surface area contributed by atoms with E-state index in [4.69, 9.17) is 9.26 Å². The Morgan fingerprint density at radius 1 is 1.56 bits per heavy atom. The van der Waals surface area contributed by atoms with Gasteiger partial charge in [-0.25, -0.2) is 0 Å². The summed E-state index contributed by atoms with van der Waals surface area (Å²) in [5.41, 5.74) is -1.02. The van der Waals surface area contributed by atoms with E-state index >= 15 is 0 Å². The number of aromatic nitrogens is 2. The first kappa shape index (κ1) is 13.4. The van der Waals surface area contributed by atoms with E-state index in [0.29, 0.717) is 26.4 Å². The average molecular weight is 262 g/mol. The molecule has 0 spiro atoms. The number of hydrogen-bond acceptors (Lipinski definition) is 5. The van der Waals surface area contributed by atoms with E-state index in [0.717, 1.165) is 0 Å². The molecule has 2 rings (SSSR count). The second-order valence-corrected chi connectivity index (χ2v) is 4.94. The number of alkyl halides is 2. The fourth-order valence-electron chi connectivity index (χ4n) is 2.09. The molecule has 18 heavy (non-hydrogen) atoms. The van der Waals surface area contributed by atoms with Gasteiger partial charge in [-0.1, -0.05) is 5.16 Å². The van der Waals surface area contributed by atoms with Crippen molar-refractivity contribution in [3.05, 3.63) is 11.7 Å². The first-order chi connectivity index (χ1) is 8.28. The Hall–Kier alpha value is -1.08. The Morgan fingerprint density at radius 2 is 2.28 bits per heavy atom. The van der Waals surface area contributed by atoms with Crippen LogP contribution in [-0.4, -0.2) is 33.6 Å². The molecule has 2 heterocycles. The van der Waals surface area contributed by atoms with Crippen molar-refractivity contribution in [1.82, 2.24) is 10.1 Å². The highest BCUT2D eigenvalue weighted by Crippen LogP contribution is 2.29. The van der Waals surface area contributed by atoms with Crippen LogP contribution in [-0.2, 0) is 17.1 Å². The van der Waals surface area contributed by atoms with E-state index in [1.807, 2.05) is 6.92 Å². The molecule has 1 aliphatic heterocycles. The summed E-state index contributed by atoms with van der Waals surface area (Å²) < 4.78 is 35.9. The van der Waals surface area contributed by atoms with Gasteiger partial charge in [-0.15, -0.1) is 0 Å². The standard InChI is InChI=1S/C11H16F2N2O3/c1-7-5-11(16,3-4-17-7)6-8-14-9(15-18-8)10(2,12)13/h7,16H,3-6H2,1-2H3/t7-,11-/m1/s1. The van der Waals surface area contributed by atoms with Crippen molar-refractivity contribution in [3.8, 4) is 0 Å². The molecule has 1 aromatic heterocycles. The second kappa shape index (κ2) is 4.55. The van der Waals surface area contributed by atoms with Crippen molar-refractivity contribution in [2.24, 2.45) is 0 Å². The summed E-state index contributed by atoms with van der Waals surface area (Å²) in [4.78, 5) is 3.62. The van der Waals surface area contributed by atoms with Gasteiger partial charge < -0.3 is 14.4 Å². The summed E-state index contributed by atoms with van der Waals surface area (Å²) in [5, 5.41) is 13.5. The lowest BCUT2D eigenvalue weighted by molar-refractivity contribution is -0.0987. The highest BCUT2D eigenvalue weighted by Gasteiger charge is 2.37. The molecule has 1 saturated heterocycles. The van der Waals surface area contributed by atoms with E-state index in [-0.39, 0.29) is 18.4 Å². The van der Waals surface area contributed by atoms with Gasteiger partial charge in [0.1, 0.15) is 0 Å². The molecule has 0 aromatic carbocycles. The van der Waals surface area contributed by atoms with Crippen molar-refractivity contribution in [2.75, 3.05) is 6.61 Å². The van der Waals surface area contributed by atoms with E-state index in [1.54, 1.807) is 0 Å². The van der Waals surface area contributed by atoms with Gasteiger partial charge >= 0.3 is 5.92 Å². The monoisotopic (exact) mass is 262 g/mol. The second-order valence-electron chi connectivity index (χ2n) is 4.94. The predicted octanol–water partition coefficient (Wildman–Crippen LogP) is 1.65. The summed E-state index contributed by atoms with van der Waals surface area (Å²) in [6.07, 6.45) is 0.855. The fourth-order valence-corrected chi connectivity index (χ4v) is 2.09. The van der Waals surface area contributed by atoms with Crippen LogP contribution in [0.4, 0.5) is 8.78 Å². The first-order valence-corrected chi connectivity index (χ1v) is 5.83. The van der Waals surface area contributed by atoms with Crippen LogP contribution in [0.15, 0.2) is 4.52 Å². The normalized spacial score (nSPS) is 29.5. The maximum atomic E-state index is 12.9. The molecular weight excluding hydrogens is 246 g/mol. The molecule has 2 atom stereocenters. The van der Waals surface area contributed by atoms with Crippen LogP contribution < -0.4 is 0 Å². The first-order valence-electron chi connectivity index (χ1n) is 5.83. The van der Waals surface area contributed by atoms with Gasteiger partial charge in [-0.3, -0.25) is 0 Å². The van der Waals surface area contributed by atoms with Crippen molar-refractivity contribution < 1.29 is 23.1 Å². The molecule has 0 amide bonds. The zero-order valence-electron chi connectivity index (χ0n) is 10.3. The maximum absolute atomic E-state index is 12.9. The van der Waals surface area contributed by atoms with Crippen LogP contribution in [0.2, 0.25) is 0 Å². The Bertz CT molecular complexity index is 419. The lowest BCUT2D eigenvalue weighted by atomic mass is 9.88. The number of ether oxygens (including phenoxy) is 1. The molecule has 0 bridgehead atoms. The summed E-state index contributed by atoms with van der Waals surface area (Å²) in [7, 11) is 0. The molecule has 0 radical (unpaired) electrons. The summed E-state index contributed by atoms with van der Waals surface area (Å²) in [5.74, 6) is -3.75. The molecule has 1 fully saturated rings. The van der Waals surface area contributed by atoms with Crippen LogP contribution in [0.25, 0.3) is 0 Å². The highest BCUT2D eigenvalue weighted by atomic mass is 19.3. The minimum absolute atomic E-state index is 0.0307. The number of nitrogens with zero attached hydrogens (tertiary/aromatic N) is 2. The molecule has 102 valence electrons. The van der Waals surface area contributed by atoms with Crippen LogP contribution in [0, 0.1) is 0 Å². The summed E-state index contributed by atoms with van der Waals surface area (Å²) >= 11 is 0. The average Bonchev–Trinajstić information content (AvgIpc) is 2.64. The number of hydrogen-bond donors (Lipinski definition) is 1. The Labute approximate surface area is 103 Å². The fraction of sp³-hybridized carbons (Fsp3) is 0.818. The largest absolute Gasteiger partial charge is 0.389 e. The Kier molecular flexibility index (Phi) is 3.37. The summed E-state index contributed by atoms with van der Waals surface area (Å²) in [6, 6.07) is 0. The van der Waals surface area contributed by atoms with Crippen LogP contribution in [0.1, 0.15) is 38.4 Å². The van der Waals surface area contributed by atoms with Gasteiger partial charge in [0, 0.05) is 26.4 Å². The highest BCUT2D eigenvalue weighted by molar-refractivity contribution is 4.98. The molecule has 1 N–H and O–H groups in total. The SMILES string of the molecule is C[C@@H]1C[C@@](O)(Cc2nc(C(C)(F)F)no2)CCO1. The molecule has 1 aliphatic rings. The zero-order valence-corrected chi connectivity index (χ0v) is 10.3. The van der Waals surface area contributed by atoms with E-state index in [2.05, 4.69) is 10.1 Å². The smallest absolute Gasteiger partial charge is 0.307 e. The molecule has 1 aromatic rings. The van der Waals surface area contributed by atoms with Crippen molar-refractivity contribution in [1.29, 1.82) is 0 Å². The summed E-state index contributed by atoms with van der Waals surface area (Å²) in [6.45, 7) is 2.99. The van der Waals surface area contributed by atoms with Crippen LogP contribution in [0.3, 0.4) is 0 Å². The molecule has 0 saturated carbocycles. The van der Waals surface area contributed by atoms with E-state index < -0.39 is 17.3 Å². The predicted molar refractivity (Wildman–Crippen MR) is 57.2 cm³/mol. The number of rotatable bonds is 3. The minimum atomic E-state index is -3.13. The van der Waals surface area contributed by atoms with Crippen LogP contribution in [0.5, 0.6) is 0 Å².